The molecule has 30 heavy (non-hydrogen) atoms. The quantitative estimate of drug-likeness (QED) is 0.619. The molecule has 1 saturated heterocycles. The summed E-state index contributed by atoms with van der Waals surface area (Å²) in [6, 6.07) is 5.73. The Bertz CT molecular complexity index is 1090. The maximum absolute atomic E-state index is 14.4. The monoisotopic (exact) mass is 427 g/mol. The molecule has 3 aromatic rings. The van der Waals surface area contributed by atoms with Crippen molar-refractivity contribution in [3.8, 4) is 11.4 Å². The predicted octanol–water partition coefficient (Wildman–Crippen LogP) is 4.64. The highest BCUT2D eigenvalue weighted by Gasteiger charge is 2.38. The van der Waals surface area contributed by atoms with Crippen molar-refractivity contribution in [1.82, 2.24) is 9.78 Å². The average Bonchev–Trinajstić information content (AvgIpc) is 3.14. The number of hydrogen-bond acceptors (Lipinski definition) is 4. The Labute approximate surface area is 168 Å². The third kappa shape index (κ3) is 3.45. The van der Waals surface area contributed by atoms with Crippen LogP contribution in [0.15, 0.2) is 30.5 Å². The van der Waals surface area contributed by atoms with Crippen LogP contribution < -0.4 is 4.90 Å². The van der Waals surface area contributed by atoms with Crippen LogP contribution in [0.25, 0.3) is 16.6 Å². The Morgan fingerprint density at radius 2 is 1.83 bits per heavy atom. The largest absolute Gasteiger partial charge is 0.503 e. The van der Waals surface area contributed by atoms with Gasteiger partial charge in [0.1, 0.15) is 5.69 Å². The Morgan fingerprint density at radius 3 is 2.50 bits per heavy atom. The van der Waals surface area contributed by atoms with Crippen molar-refractivity contribution in [3.05, 3.63) is 47.7 Å². The van der Waals surface area contributed by atoms with Crippen LogP contribution >= 0.6 is 0 Å². The van der Waals surface area contributed by atoms with Crippen LogP contribution in [0.2, 0.25) is 0 Å². The van der Waals surface area contributed by atoms with Crippen molar-refractivity contribution >= 4 is 16.6 Å². The van der Waals surface area contributed by atoms with Crippen LogP contribution in [0, 0.1) is 11.6 Å². The normalized spacial score (nSPS) is 15.7. The molecular formula is C20H18F5N3O2. The summed E-state index contributed by atoms with van der Waals surface area (Å²) in [5, 5.41) is 14.1. The summed E-state index contributed by atoms with van der Waals surface area (Å²) in [4.78, 5) is 2.09. The third-order valence-corrected chi connectivity index (χ3v) is 5.39. The van der Waals surface area contributed by atoms with Gasteiger partial charge in [0.15, 0.2) is 17.4 Å². The van der Waals surface area contributed by atoms with Gasteiger partial charge >= 0.3 is 6.18 Å². The van der Waals surface area contributed by atoms with Gasteiger partial charge in [-0.15, -0.1) is 0 Å². The van der Waals surface area contributed by atoms with Gasteiger partial charge in [-0.25, -0.2) is 13.5 Å². The van der Waals surface area contributed by atoms with Gasteiger partial charge in [0, 0.05) is 37.4 Å². The van der Waals surface area contributed by atoms with Crippen LogP contribution in [0.1, 0.15) is 18.4 Å². The molecule has 2 heterocycles. The number of phenolic OH excluding ortho intramolecular Hbond substituents is 1. The molecule has 2 aromatic carbocycles. The molecule has 0 saturated carbocycles. The number of fused-ring (bicyclic) bond motifs is 1. The fraction of sp³-hybridized carbons (Fsp3) is 0.350. The molecule has 0 aliphatic carbocycles. The predicted molar refractivity (Wildman–Crippen MR) is 99.9 cm³/mol. The van der Waals surface area contributed by atoms with Crippen LogP contribution in [-0.2, 0) is 10.9 Å². The van der Waals surface area contributed by atoms with E-state index in [1.165, 1.54) is 6.20 Å². The van der Waals surface area contributed by atoms with Crippen molar-refractivity contribution in [1.29, 1.82) is 0 Å². The Hall–Kier alpha value is -2.88. The molecular weight excluding hydrogens is 409 g/mol. The van der Waals surface area contributed by atoms with Crippen LogP contribution in [0.5, 0.6) is 5.75 Å². The minimum absolute atomic E-state index is 0.284. The molecule has 10 heteroatoms. The van der Waals surface area contributed by atoms with Crippen molar-refractivity contribution in [2.45, 2.75) is 25.1 Å². The lowest BCUT2D eigenvalue weighted by molar-refractivity contribution is -0.140. The van der Waals surface area contributed by atoms with E-state index >= 15 is 0 Å². The van der Waals surface area contributed by atoms with Crippen LogP contribution in [0.3, 0.4) is 0 Å². The second-order valence-electron chi connectivity index (χ2n) is 7.17. The van der Waals surface area contributed by atoms with E-state index in [0.717, 1.165) is 23.2 Å². The summed E-state index contributed by atoms with van der Waals surface area (Å²) < 4.78 is 73.8. The number of benzene rings is 2. The Balaban J connectivity index is 1.77. The second kappa shape index (κ2) is 7.42. The zero-order valence-corrected chi connectivity index (χ0v) is 15.9. The molecule has 4 rings (SSSR count). The first-order valence-corrected chi connectivity index (χ1v) is 9.25. The molecule has 0 unspecified atom stereocenters. The second-order valence-corrected chi connectivity index (χ2v) is 7.17. The van der Waals surface area contributed by atoms with E-state index < -0.39 is 34.8 Å². The van der Waals surface area contributed by atoms with Gasteiger partial charge in [-0.2, -0.15) is 18.3 Å². The van der Waals surface area contributed by atoms with Crippen molar-refractivity contribution in [2.75, 3.05) is 25.2 Å². The van der Waals surface area contributed by atoms with E-state index in [9.17, 15) is 27.1 Å². The maximum atomic E-state index is 14.4. The van der Waals surface area contributed by atoms with Gasteiger partial charge in [-0.1, -0.05) is 0 Å². The number of halogens is 5. The zero-order valence-electron chi connectivity index (χ0n) is 15.9. The highest BCUT2D eigenvalue weighted by molar-refractivity contribution is 5.84. The highest BCUT2D eigenvalue weighted by atomic mass is 19.4. The topological polar surface area (TPSA) is 50.5 Å². The van der Waals surface area contributed by atoms with Gasteiger partial charge in [0.2, 0.25) is 0 Å². The van der Waals surface area contributed by atoms with Gasteiger partial charge in [-0.3, -0.25) is 0 Å². The van der Waals surface area contributed by atoms with E-state index in [1.54, 1.807) is 18.2 Å². The number of alkyl halides is 3. The first-order valence-electron chi connectivity index (χ1n) is 9.25. The minimum atomic E-state index is -5.10. The number of phenols is 1. The standard InChI is InChI=1S/C20H18F5N3O2/c1-27(12-4-6-30-7-5-12)13-2-3-15-11(8-13)10-26-28(15)16-9-14(20(23,24)25)17(21)19(29)18(16)22/h2-3,8-10,12,29H,4-7H2,1H3. The van der Waals surface area contributed by atoms with E-state index in [-0.39, 0.29) is 6.04 Å². The van der Waals surface area contributed by atoms with Crippen molar-refractivity contribution in [3.63, 3.8) is 0 Å². The zero-order chi connectivity index (χ0) is 21.6. The van der Waals surface area contributed by atoms with Crippen molar-refractivity contribution in [2.24, 2.45) is 0 Å². The van der Waals surface area contributed by atoms with E-state index in [0.29, 0.717) is 30.2 Å². The number of ether oxygens (including phenoxy) is 1. The summed E-state index contributed by atoms with van der Waals surface area (Å²) in [6.45, 7) is 1.34. The van der Waals surface area contributed by atoms with Gasteiger partial charge in [-0.05, 0) is 37.1 Å². The molecule has 0 amide bonds. The number of hydrogen-bond donors (Lipinski definition) is 1. The van der Waals surface area contributed by atoms with Crippen LogP contribution in [0.4, 0.5) is 27.6 Å². The molecule has 0 spiro atoms. The Morgan fingerprint density at radius 1 is 1.13 bits per heavy atom. The van der Waals surface area contributed by atoms with Crippen LogP contribution in [-0.4, -0.2) is 41.2 Å². The van der Waals surface area contributed by atoms with Gasteiger partial charge < -0.3 is 14.7 Å². The minimum Gasteiger partial charge on any atom is -0.503 e. The molecule has 1 aromatic heterocycles. The molecule has 0 atom stereocenters. The first-order chi connectivity index (χ1) is 14.2. The summed E-state index contributed by atoms with van der Waals surface area (Å²) in [5.41, 5.74) is -1.28. The number of anilines is 1. The highest BCUT2D eigenvalue weighted by Crippen LogP contribution is 2.39. The van der Waals surface area contributed by atoms with E-state index in [2.05, 4.69) is 10.00 Å². The first kappa shape index (κ1) is 20.4. The lowest BCUT2D eigenvalue weighted by Gasteiger charge is -2.33. The van der Waals surface area contributed by atoms with E-state index in [1.807, 2.05) is 7.05 Å². The molecule has 1 aliphatic rings. The number of nitrogens with zero attached hydrogens (tertiary/aromatic N) is 3. The van der Waals surface area contributed by atoms with Crippen molar-refractivity contribution < 1.29 is 31.8 Å². The lowest BCUT2D eigenvalue weighted by atomic mass is 10.1. The summed E-state index contributed by atoms with van der Waals surface area (Å²) in [7, 11) is 1.94. The number of rotatable bonds is 3. The summed E-state index contributed by atoms with van der Waals surface area (Å²) in [5.74, 6) is -5.27. The smallest absolute Gasteiger partial charge is 0.419 e. The number of aromatic hydroxyl groups is 1. The van der Waals surface area contributed by atoms with Gasteiger partial charge in [0.05, 0.1) is 17.3 Å². The molecule has 0 radical (unpaired) electrons. The molecule has 5 nitrogen and oxygen atoms in total. The average molecular weight is 427 g/mol. The molecule has 0 bridgehead atoms. The van der Waals surface area contributed by atoms with Gasteiger partial charge in [0.25, 0.3) is 0 Å². The lowest BCUT2D eigenvalue weighted by Crippen LogP contribution is -2.36. The SMILES string of the molecule is CN(c1ccc2c(cnn2-c2cc(C(F)(F)F)c(F)c(O)c2F)c1)C1CCOCC1. The summed E-state index contributed by atoms with van der Waals surface area (Å²) >= 11 is 0. The fourth-order valence-electron chi connectivity index (χ4n) is 3.68. The maximum Gasteiger partial charge on any atom is 0.419 e. The summed E-state index contributed by atoms with van der Waals surface area (Å²) in [6.07, 6.45) is -1.99. The Kier molecular flexibility index (Phi) is 5.05. The molecule has 160 valence electrons. The molecule has 1 aliphatic heterocycles. The van der Waals surface area contributed by atoms with E-state index in [4.69, 9.17) is 4.74 Å². The number of aromatic nitrogens is 2. The molecule has 1 N–H and O–H groups in total. The molecule has 1 fully saturated rings. The fourth-order valence-corrected chi connectivity index (χ4v) is 3.68. The third-order valence-electron chi connectivity index (χ3n) is 5.39.